The molecule has 0 radical (unpaired) electrons. The predicted molar refractivity (Wildman–Crippen MR) is 182 cm³/mol. The number of amides is 1. The van der Waals surface area contributed by atoms with Crippen molar-refractivity contribution in [2.75, 3.05) is 46.8 Å². The average molecular weight is 650 g/mol. The molecule has 1 N–H and O–H groups in total. The van der Waals surface area contributed by atoms with Gasteiger partial charge in [-0.3, -0.25) is 9.69 Å². The van der Waals surface area contributed by atoms with E-state index in [1.54, 1.807) is 49.2 Å². The fourth-order valence-electron chi connectivity index (χ4n) is 5.71. The van der Waals surface area contributed by atoms with Crippen LogP contribution in [0.3, 0.4) is 0 Å². The lowest BCUT2D eigenvalue weighted by molar-refractivity contribution is 0.102. The number of carbonyl (C=O) groups excluding carboxylic acids is 1. The number of ether oxygens (including phenoxy) is 5. The summed E-state index contributed by atoms with van der Waals surface area (Å²) in [6.07, 6.45) is 3.78. The molecule has 2 heterocycles. The van der Waals surface area contributed by atoms with Crippen molar-refractivity contribution in [1.29, 1.82) is 0 Å². The van der Waals surface area contributed by atoms with Gasteiger partial charge in [-0.05, 0) is 78.1 Å². The Balaban J connectivity index is 1.03. The first-order valence-electron chi connectivity index (χ1n) is 15.7. The molecule has 1 aliphatic heterocycles. The number of carbonyl (C=O) groups is 1. The number of fused-ring (bicyclic) bond motifs is 1. The topological polar surface area (TPSA) is 109 Å². The Labute approximate surface area is 280 Å². The maximum absolute atomic E-state index is 13.1. The minimum atomic E-state index is -0.319. The molecule has 0 aliphatic carbocycles. The lowest BCUT2D eigenvalue weighted by atomic mass is 9.98. The van der Waals surface area contributed by atoms with Crippen molar-refractivity contribution >= 4 is 11.6 Å². The summed E-state index contributed by atoms with van der Waals surface area (Å²) in [5.41, 5.74) is 6.36. The number of para-hydroxylation sites is 2. The first kappa shape index (κ1) is 32.4. The molecular weight excluding hydrogens is 610 g/mol. The summed E-state index contributed by atoms with van der Waals surface area (Å²) in [4.78, 5) is 15.5. The van der Waals surface area contributed by atoms with E-state index >= 15 is 0 Å². The van der Waals surface area contributed by atoms with Crippen LogP contribution in [0.15, 0.2) is 85.1 Å². The molecular formula is C37H39N5O6. The van der Waals surface area contributed by atoms with Crippen molar-refractivity contribution in [3.63, 3.8) is 0 Å². The molecule has 1 amide bonds. The third-order valence-electron chi connectivity index (χ3n) is 8.38. The summed E-state index contributed by atoms with van der Waals surface area (Å²) < 4.78 is 29.4. The standard InChI is InChI=1S/C37H39N5O6/c1-44-31-17-27(18-32(21-31)45-2)37(43)38-33-7-5-6-8-34(33)48-24-29-23-42(40-39-29)30-11-9-25(10-12-30)13-15-41-16-14-26-19-35(46-3)36(47-4)20-28(26)22-41/h5-12,17-21,23H,13-16,22,24H2,1-4H3,(H,38,43). The monoisotopic (exact) mass is 649 g/mol. The van der Waals surface area contributed by atoms with Gasteiger partial charge in [-0.15, -0.1) is 5.10 Å². The molecule has 0 fully saturated rings. The molecule has 0 saturated heterocycles. The number of rotatable bonds is 13. The largest absolute Gasteiger partial charge is 0.497 e. The molecule has 0 bridgehead atoms. The molecule has 0 atom stereocenters. The molecule has 1 aliphatic rings. The van der Waals surface area contributed by atoms with Crippen molar-refractivity contribution in [3.05, 3.63) is 113 Å². The lowest BCUT2D eigenvalue weighted by Gasteiger charge is -2.29. The number of methoxy groups -OCH3 is 4. The third kappa shape index (κ3) is 7.53. The van der Waals surface area contributed by atoms with E-state index < -0.39 is 0 Å². The van der Waals surface area contributed by atoms with Crippen LogP contribution < -0.4 is 29.0 Å². The molecule has 0 spiro atoms. The normalized spacial score (nSPS) is 12.6. The van der Waals surface area contributed by atoms with Gasteiger partial charge in [0, 0.05) is 31.3 Å². The smallest absolute Gasteiger partial charge is 0.256 e. The van der Waals surface area contributed by atoms with E-state index in [-0.39, 0.29) is 12.5 Å². The molecule has 0 unspecified atom stereocenters. The van der Waals surface area contributed by atoms with Crippen LogP contribution in [-0.2, 0) is 26.0 Å². The van der Waals surface area contributed by atoms with Crippen molar-refractivity contribution in [2.24, 2.45) is 0 Å². The van der Waals surface area contributed by atoms with Gasteiger partial charge in [-0.25, -0.2) is 4.68 Å². The van der Waals surface area contributed by atoms with Gasteiger partial charge < -0.3 is 29.0 Å². The number of hydrogen-bond donors (Lipinski definition) is 1. The molecule has 0 saturated carbocycles. The highest BCUT2D eigenvalue weighted by molar-refractivity contribution is 6.05. The molecule has 5 aromatic rings. The van der Waals surface area contributed by atoms with E-state index in [2.05, 4.69) is 56.9 Å². The van der Waals surface area contributed by atoms with Crippen molar-refractivity contribution < 1.29 is 28.5 Å². The van der Waals surface area contributed by atoms with Gasteiger partial charge in [-0.2, -0.15) is 0 Å². The second kappa shape index (κ2) is 14.9. The molecule has 1 aromatic heterocycles. The average Bonchev–Trinajstić information content (AvgIpc) is 3.62. The Morgan fingerprint density at radius 3 is 2.23 bits per heavy atom. The van der Waals surface area contributed by atoms with Crippen LogP contribution in [0.25, 0.3) is 5.69 Å². The highest BCUT2D eigenvalue weighted by Crippen LogP contribution is 2.33. The highest BCUT2D eigenvalue weighted by atomic mass is 16.5. The summed E-state index contributed by atoms with van der Waals surface area (Å²) in [6, 6.07) is 24.8. The summed E-state index contributed by atoms with van der Waals surface area (Å²) in [5, 5.41) is 11.5. The van der Waals surface area contributed by atoms with E-state index in [0.717, 1.165) is 49.7 Å². The second-order valence-electron chi connectivity index (χ2n) is 11.4. The van der Waals surface area contributed by atoms with E-state index in [1.165, 1.54) is 30.9 Å². The molecule has 11 heteroatoms. The van der Waals surface area contributed by atoms with E-state index in [4.69, 9.17) is 23.7 Å². The summed E-state index contributed by atoms with van der Waals surface area (Å²) in [6.45, 7) is 3.05. The minimum absolute atomic E-state index is 0.176. The fraction of sp³-hybridized carbons (Fsp3) is 0.270. The summed E-state index contributed by atoms with van der Waals surface area (Å²) >= 11 is 0. The maximum Gasteiger partial charge on any atom is 0.256 e. The molecule has 4 aromatic carbocycles. The number of aromatic nitrogens is 3. The second-order valence-corrected chi connectivity index (χ2v) is 11.4. The van der Waals surface area contributed by atoms with E-state index in [9.17, 15) is 4.79 Å². The van der Waals surface area contributed by atoms with Crippen LogP contribution in [-0.4, -0.2) is 67.3 Å². The van der Waals surface area contributed by atoms with Gasteiger partial charge >= 0.3 is 0 Å². The fourth-order valence-corrected chi connectivity index (χ4v) is 5.71. The van der Waals surface area contributed by atoms with Gasteiger partial charge in [0.25, 0.3) is 5.91 Å². The minimum Gasteiger partial charge on any atom is -0.497 e. The van der Waals surface area contributed by atoms with Crippen LogP contribution >= 0.6 is 0 Å². The Bertz CT molecular complexity index is 1850. The molecule has 6 rings (SSSR count). The third-order valence-corrected chi connectivity index (χ3v) is 8.38. The SMILES string of the molecule is COc1cc(OC)cc(C(=O)Nc2ccccc2OCc2cn(-c3ccc(CCN4CCc5cc(OC)c(OC)cc5C4)cc3)nn2)c1. The van der Waals surface area contributed by atoms with Gasteiger partial charge in [0.05, 0.1) is 46.0 Å². The Morgan fingerprint density at radius 1 is 0.812 bits per heavy atom. The molecule has 11 nitrogen and oxygen atoms in total. The quantitative estimate of drug-likeness (QED) is 0.171. The summed E-state index contributed by atoms with van der Waals surface area (Å²) in [7, 11) is 6.43. The van der Waals surface area contributed by atoms with Gasteiger partial charge in [0.1, 0.15) is 29.5 Å². The predicted octanol–water partition coefficient (Wildman–Crippen LogP) is 5.73. The van der Waals surface area contributed by atoms with Crippen LogP contribution in [0.2, 0.25) is 0 Å². The Morgan fingerprint density at radius 2 is 1.52 bits per heavy atom. The zero-order valence-corrected chi connectivity index (χ0v) is 27.6. The van der Waals surface area contributed by atoms with Crippen molar-refractivity contribution in [1.82, 2.24) is 19.9 Å². The first-order valence-corrected chi connectivity index (χ1v) is 15.7. The number of benzene rings is 4. The van der Waals surface area contributed by atoms with Crippen LogP contribution in [0, 0.1) is 0 Å². The van der Waals surface area contributed by atoms with Gasteiger partial charge in [-0.1, -0.05) is 29.5 Å². The number of nitrogens with zero attached hydrogens (tertiary/aromatic N) is 4. The Kier molecular flexibility index (Phi) is 10.1. The zero-order chi connectivity index (χ0) is 33.5. The molecule has 48 heavy (non-hydrogen) atoms. The van der Waals surface area contributed by atoms with Crippen molar-refractivity contribution in [3.8, 4) is 34.4 Å². The molecule has 248 valence electrons. The van der Waals surface area contributed by atoms with Crippen LogP contribution in [0.4, 0.5) is 5.69 Å². The number of hydrogen-bond acceptors (Lipinski definition) is 9. The van der Waals surface area contributed by atoms with Gasteiger partial charge in [0.2, 0.25) is 0 Å². The zero-order valence-electron chi connectivity index (χ0n) is 27.6. The van der Waals surface area contributed by atoms with Crippen molar-refractivity contribution in [2.45, 2.75) is 26.0 Å². The Hall–Kier alpha value is -5.55. The van der Waals surface area contributed by atoms with E-state index in [1.807, 2.05) is 18.3 Å². The summed E-state index contributed by atoms with van der Waals surface area (Å²) in [5.74, 6) is 2.80. The van der Waals surface area contributed by atoms with E-state index in [0.29, 0.717) is 34.2 Å². The maximum atomic E-state index is 13.1. The van der Waals surface area contributed by atoms with Crippen LogP contribution in [0.1, 0.15) is 32.7 Å². The first-order chi connectivity index (χ1) is 23.5. The van der Waals surface area contributed by atoms with Crippen LogP contribution in [0.5, 0.6) is 28.7 Å². The number of nitrogens with one attached hydrogen (secondary N) is 1. The van der Waals surface area contributed by atoms with Gasteiger partial charge in [0.15, 0.2) is 11.5 Å². The lowest BCUT2D eigenvalue weighted by Crippen LogP contribution is -2.32. The highest BCUT2D eigenvalue weighted by Gasteiger charge is 2.19. The number of anilines is 1.